The lowest BCUT2D eigenvalue weighted by Gasteiger charge is -2.37. The van der Waals surface area contributed by atoms with E-state index in [0.29, 0.717) is 32.0 Å². The highest BCUT2D eigenvalue weighted by atomic mass is 16.6. The second-order valence-electron chi connectivity index (χ2n) is 7.40. The molecule has 150 valence electrons. The van der Waals surface area contributed by atoms with Crippen molar-refractivity contribution in [2.24, 2.45) is 10.7 Å². The minimum absolute atomic E-state index is 0.0132. The molecule has 1 saturated heterocycles. The number of hydrogen-bond acceptors (Lipinski definition) is 7. The summed E-state index contributed by atoms with van der Waals surface area (Å²) in [6.07, 6.45) is 3.34. The molecule has 0 saturated carbocycles. The van der Waals surface area contributed by atoms with E-state index in [2.05, 4.69) is 20.5 Å². The van der Waals surface area contributed by atoms with Crippen LogP contribution in [0.15, 0.2) is 28.4 Å². The van der Waals surface area contributed by atoms with Crippen LogP contribution in [0.3, 0.4) is 0 Å². The van der Waals surface area contributed by atoms with E-state index in [0.717, 1.165) is 11.5 Å². The molecule has 0 spiro atoms. The first kappa shape index (κ1) is 20.6. The number of carbonyl (C=O) groups is 2. The second-order valence-corrected chi connectivity index (χ2v) is 7.40. The third-order valence-corrected chi connectivity index (χ3v) is 4.12. The van der Waals surface area contributed by atoms with E-state index in [1.54, 1.807) is 31.9 Å². The fourth-order valence-electron chi connectivity index (χ4n) is 2.77. The molecule has 0 atom stereocenters. The molecule has 2 amide bonds. The minimum Gasteiger partial charge on any atom is -0.444 e. The van der Waals surface area contributed by atoms with Crippen molar-refractivity contribution in [2.75, 3.05) is 32.7 Å². The summed E-state index contributed by atoms with van der Waals surface area (Å²) in [5, 5.41) is 5.66. The molecule has 9 nitrogen and oxygen atoms in total. The first-order valence-electron chi connectivity index (χ1n) is 9.16. The van der Waals surface area contributed by atoms with Gasteiger partial charge in [-0.2, -0.15) is 0 Å². The molecule has 0 unspecified atom stereocenters. The predicted molar refractivity (Wildman–Crippen MR) is 104 cm³/mol. The zero-order valence-corrected chi connectivity index (χ0v) is 16.5. The molecule has 0 bridgehead atoms. The van der Waals surface area contributed by atoms with Crippen molar-refractivity contribution in [3.05, 3.63) is 23.4 Å². The van der Waals surface area contributed by atoms with Crippen molar-refractivity contribution in [1.29, 1.82) is 0 Å². The third-order valence-electron chi connectivity index (χ3n) is 4.12. The summed E-state index contributed by atoms with van der Waals surface area (Å²) in [7, 11) is 0. The van der Waals surface area contributed by atoms with Crippen molar-refractivity contribution in [2.45, 2.75) is 39.7 Å². The molecule has 0 aromatic rings. The Labute approximate surface area is 160 Å². The standard InChI is InChI=1S/C18H30N6O3/c1-5-14-21-12-13(16(19)22-14)23-8-10-24(11-9-23)15(25)6-7-20-17(26)27-18(2,3)4/h5,12,22H,6-11,19H2,1-4H3,(H,20,26)/b14-5-. The smallest absolute Gasteiger partial charge is 0.407 e. The fraction of sp³-hybridized carbons (Fsp3) is 0.611. The predicted octanol–water partition coefficient (Wildman–Crippen LogP) is 0.709. The van der Waals surface area contributed by atoms with Gasteiger partial charge >= 0.3 is 6.09 Å². The molecule has 1 fully saturated rings. The average molecular weight is 378 g/mol. The summed E-state index contributed by atoms with van der Waals surface area (Å²) in [5.41, 5.74) is 6.37. The monoisotopic (exact) mass is 378 g/mol. The Hall–Kier alpha value is -2.71. The van der Waals surface area contributed by atoms with Crippen molar-refractivity contribution in [1.82, 2.24) is 20.4 Å². The Bertz CT molecular complexity index is 654. The molecule has 2 aliphatic heterocycles. The Kier molecular flexibility index (Phi) is 6.70. The van der Waals surface area contributed by atoms with E-state index in [1.165, 1.54) is 0 Å². The van der Waals surface area contributed by atoms with E-state index in [1.807, 2.05) is 13.0 Å². The van der Waals surface area contributed by atoms with Gasteiger partial charge in [-0.3, -0.25) is 4.79 Å². The van der Waals surface area contributed by atoms with Crippen LogP contribution in [0.4, 0.5) is 4.79 Å². The van der Waals surface area contributed by atoms with Crippen LogP contribution < -0.4 is 16.4 Å². The lowest BCUT2D eigenvalue weighted by Crippen LogP contribution is -2.50. The van der Waals surface area contributed by atoms with Crippen LogP contribution in [0.2, 0.25) is 0 Å². The first-order valence-corrected chi connectivity index (χ1v) is 9.16. The molecule has 27 heavy (non-hydrogen) atoms. The molecule has 2 aliphatic rings. The summed E-state index contributed by atoms with van der Waals surface area (Å²) < 4.78 is 5.15. The van der Waals surface area contributed by atoms with Crippen LogP contribution in [-0.2, 0) is 9.53 Å². The molecule has 0 radical (unpaired) electrons. The molecule has 9 heteroatoms. The SMILES string of the molecule is C/C=C1/N=CC(N2CCN(C(=O)CCNC(=O)OC(C)(C)C)CC2)=C(N)N1. The lowest BCUT2D eigenvalue weighted by molar-refractivity contribution is -0.132. The molecule has 2 rings (SSSR count). The summed E-state index contributed by atoms with van der Waals surface area (Å²) in [6.45, 7) is 10.1. The van der Waals surface area contributed by atoms with Crippen LogP contribution in [0.1, 0.15) is 34.1 Å². The zero-order valence-electron chi connectivity index (χ0n) is 16.5. The van der Waals surface area contributed by atoms with Gasteiger partial charge in [-0.1, -0.05) is 0 Å². The van der Waals surface area contributed by atoms with Gasteiger partial charge in [0.15, 0.2) is 0 Å². The number of nitrogens with two attached hydrogens (primary N) is 1. The van der Waals surface area contributed by atoms with Gasteiger partial charge in [-0.25, -0.2) is 9.79 Å². The first-order chi connectivity index (χ1) is 12.7. The lowest BCUT2D eigenvalue weighted by atomic mass is 10.2. The van der Waals surface area contributed by atoms with Crippen LogP contribution in [-0.4, -0.2) is 66.3 Å². The number of carbonyl (C=O) groups excluding carboxylic acids is 2. The number of alkyl carbamates (subject to hydrolysis) is 1. The maximum Gasteiger partial charge on any atom is 0.407 e. The van der Waals surface area contributed by atoms with Gasteiger partial charge in [-0.05, 0) is 33.8 Å². The second kappa shape index (κ2) is 8.79. The quantitative estimate of drug-likeness (QED) is 0.664. The van der Waals surface area contributed by atoms with Crippen LogP contribution in [0, 0.1) is 0 Å². The summed E-state index contributed by atoms with van der Waals surface area (Å²) >= 11 is 0. The number of rotatable bonds is 4. The number of nitrogens with zero attached hydrogens (tertiary/aromatic N) is 3. The average Bonchev–Trinajstić information content (AvgIpc) is 2.60. The van der Waals surface area contributed by atoms with Crippen LogP contribution >= 0.6 is 0 Å². The number of amides is 2. The molecular formula is C18H30N6O3. The Balaban J connectivity index is 1.75. The van der Waals surface area contributed by atoms with Gasteiger partial charge in [0.05, 0.1) is 11.9 Å². The van der Waals surface area contributed by atoms with Gasteiger partial charge in [-0.15, -0.1) is 0 Å². The Morgan fingerprint density at radius 1 is 1.33 bits per heavy atom. The van der Waals surface area contributed by atoms with Gasteiger partial charge < -0.3 is 30.9 Å². The molecule has 0 aliphatic carbocycles. The van der Waals surface area contributed by atoms with Gasteiger partial charge in [0.25, 0.3) is 0 Å². The highest BCUT2D eigenvalue weighted by molar-refractivity contribution is 5.81. The maximum absolute atomic E-state index is 12.3. The number of allylic oxidation sites excluding steroid dienone is 2. The molecule has 0 aromatic heterocycles. The largest absolute Gasteiger partial charge is 0.444 e. The summed E-state index contributed by atoms with van der Waals surface area (Å²) in [4.78, 5) is 32.1. The van der Waals surface area contributed by atoms with E-state index in [4.69, 9.17) is 10.5 Å². The Morgan fingerprint density at radius 3 is 2.56 bits per heavy atom. The summed E-state index contributed by atoms with van der Waals surface area (Å²) in [5.74, 6) is 1.31. The highest BCUT2D eigenvalue weighted by Crippen LogP contribution is 2.14. The molecule has 0 aromatic carbocycles. The number of piperazine rings is 1. The van der Waals surface area contributed by atoms with Crippen molar-refractivity contribution in [3.63, 3.8) is 0 Å². The van der Waals surface area contributed by atoms with E-state index >= 15 is 0 Å². The normalized spacial score (nSPS) is 19.2. The van der Waals surface area contributed by atoms with Gasteiger partial charge in [0.1, 0.15) is 17.2 Å². The van der Waals surface area contributed by atoms with Gasteiger partial charge in [0, 0.05) is 39.1 Å². The minimum atomic E-state index is -0.550. The maximum atomic E-state index is 12.3. The molecule has 2 heterocycles. The number of ether oxygens (including phenoxy) is 1. The topological polar surface area (TPSA) is 112 Å². The van der Waals surface area contributed by atoms with Crippen molar-refractivity contribution >= 4 is 18.2 Å². The third kappa shape index (κ3) is 6.19. The van der Waals surface area contributed by atoms with Crippen LogP contribution in [0.25, 0.3) is 0 Å². The summed E-state index contributed by atoms with van der Waals surface area (Å²) in [6, 6.07) is 0. The molecule has 4 N–H and O–H groups in total. The fourth-order valence-corrected chi connectivity index (χ4v) is 2.77. The van der Waals surface area contributed by atoms with E-state index < -0.39 is 11.7 Å². The van der Waals surface area contributed by atoms with Crippen molar-refractivity contribution < 1.29 is 14.3 Å². The highest BCUT2D eigenvalue weighted by Gasteiger charge is 2.24. The van der Waals surface area contributed by atoms with Crippen LogP contribution in [0.5, 0.6) is 0 Å². The number of nitrogens with one attached hydrogen (secondary N) is 2. The van der Waals surface area contributed by atoms with E-state index in [-0.39, 0.29) is 18.9 Å². The number of aliphatic imine (C=N–C) groups is 1. The van der Waals surface area contributed by atoms with Crippen molar-refractivity contribution in [3.8, 4) is 0 Å². The zero-order chi connectivity index (χ0) is 20.0. The molecular weight excluding hydrogens is 348 g/mol. The van der Waals surface area contributed by atoms with E-state index in [9.17, 15) is 9.59 Å². The Morgan fingerprint density at radius 2 is 2.00 bits per heavy atom. The van der Waals surface area contributed by atoms with Gasteiger partial charge in [0.2, 0.25) is 5.91 Å². The number of hydrogen-bond donors (Lipinski definition) is 3.